The molecule has 1 saturated carbocycles. The number of carbonyl (C=O) groups is 2. The first kappa shape index (κ1) is 39.2. The lowest BCUT2D eigenvalue weighted by Crippen LogP contribution is -2.63. The van der Waals surface area contributed by atoms with E-state index in [1.807, 2.05) is 28.3 Å². The largest absolute Gasteiger partial charge is 0.374 e. The topological polar surface area (TPSA) is 192 Å². The number of alkyl halides is 2. The van der Waals surface area contributed by atoms with Gasteiger partial charge in [-0.25, -0.2) is 42.1 Å². The number of aryl methyl sites for hydroxylation is 2. The van der Waals surface area contributed by atoms with E-state index in [1.165, 1.54) is 11.3 Å². The van der Waals surface area contributed by atoms with Crippen molar-refractivity contribution in [1.82, 2.24) is 54.6 Å². The van der Waals surface area contributed by atoms with Crippen LogP contribution in [0.3, 0.4) is 0 Å². The van der Waals surface area contributed by atoms with Gasteiger partial charge in [-0.05, 0) is 38.8 Å². The number of hydrazine groups is 1. The molecule has 2 unspecified atom stereocenters. The third-order valence-corrected chi connectivity index (χ3v) is 12.4. The Morgan fingerprint density at radius 3 is 2.43 bits per heavy atom. The lowest BCUT2D eigenvalue weighted by Gasteiger charge is -2.50. The maximum atomic E-state index is 15.0. The van der Waals surface area contributed by atoms with Crippen molar-refractivity contribution < 1.29 is 26.8 Å². The molecule has 58 heavy (non-hydrogen) atoms. The summed E-state index contributed by atoms with van der Waals surface area (Å²) in [4.78, 5) is 56.4. The van der Waals surface area contributed by atoms with Crippen molar-refractivity contribution in [2.75, 3.05) is 37.2 Å². The van der Waals surface area contributed by atoms with Crippen LogP contribution in [0.15, 0.2) is 59.5 Å². The average molecular weight is 820 g/mol. The number of aliphatic imine (C=N–C) groups is 1. The number of H-pyrrole nitrogens is 1. The Hall–Kier alpha value is -5.66. The number of carbonyl (C=O) groups excluding carboxylic acids is 2. The van der Waals surface area contributed by atoms with E-state index in [1.54, 1.807) is 29.7 Å². The zero-order chi connectivity index (χ0) is 40.9. The van der Waals surface area contributed by atoms with Crippen molar-refractivity contribution in [2.45, 2.75) is 89.5 Å². The van der Waals surface area contributed by atoms with Crippen LogP contribution in [-0.2, 0) is 35.8 Å². The second kappa shape index (κ2) is 15.3. The second-order valence-electron chi connectivity index (χ2n) is 15.4. The van der Waals surface area contributed by atoms with Crippen molar-refractivity contribution in [3.8, 4) is 0 Å². The normalized spacial score (nSPS) is 21.6. The highest BCUT2D eigenvalue weighted by molar-refractivity contribution is 7.90. The number of likely N-dealkylation sites (N-methyl/N-ethyl adjacent to an activating group) is 1. The Labute approximate surface area is 334 Å². The van der Waals surface area contributed by atoms with Gasteiger partial charge in [0.2, 0.25) is 0 Å². The van der Waals surface area contributed by atoms with Crippen molar-refractivity contribution in [2.24, 2.45) is 4.99 Å². The number of allylic oxidation sites excluding steroid dienone is 1. The van der Waals surface area contributed by atoms with Gasteiger partial charge in [0.1, 0.15) is 50.7 Å². The molecule has 7 heterocycles. The second-order valence-corrected chi connectivity index (χ2v) is 17.7. The van der Waals surface area contributed by atoms with Crippen molar-refractivity contribution in [1.29, 1.82) is 0 Å². The summed E-state index contributed by atoms with van der Waals surface area (Å²) in [5.74, 6) is -1.70. The molecule has 0 bridgehead atoms. The van der Waals surface area contributed by atoms with Crippen LogP contribution in [0.2, 0.25) is 0 Å². The Bertz CT molecular complexity index is 2440. The molecular formula is C38H47F2N13O4S. The lowest BCUT2D eigenvalue weighted by atomic mass is 9.87. The number of sulfone groups is 1. The Kier molecular flexibility index (Phi) is 10.3. The van der Waals surface area contributed by atoms with Gasteiger partial charge in [0, 0.05) is 107 Å². The summed E-state index contributed by atoms with van der Waals surface area (Å²) < 4.78 is 56.6. The van der Waals surface area contributed by atoms with E-state index in [-0.39, 0.29) is 36.1 Å². The molecular weight excluding hydrogens is 773 g/mol. The van der Waals surface area contributed by atoms with Gasteiger partial charge >= 0.3 is 0 Å². The summed E-state index contributed by atoms with van der Waals surface area (Å²) in [5.41, 5.74) is 2.89. The van der Waals surface area contributed by atoms with Crippen LogP contribution < -0.4 is 15.6 Å². The highest BCUT2D eigenvalue weighted by Crippen LogP contribution is 2.44. The summed E-state index contributed by atoms with van der Waals surface area (Å²) in [6.45, 7) is 5.68. The molecule has 20 heteroatoms. The number of nitrogens with one attached hydrogen (secondary N) is 3. The summed E-state index contributed by atoms with van der Waals surface area (Å²) in [6.07, 6.45) is 12.4. The summed E-state index contributed by atoms with van der Waals surface area (Å²) in [6, 6.07) is 0.536. The van der Waals surface area contributed by atoms with E-state index in [0.717, 1.165) is 35.6 Å². The maximum Gasteiger partial charge on any atom is 0.292 e. The fourth-order valence-corrected chi connectivity index (χ4v) is 8.75. The first-order valence-corrected chi connectivity index (χ1v) is 21.5. The zero-order valence-corrected chi connectivity index (χ0v) is 33.6. The molecule has 1 aliphatic carbocycles. The quantitative estimate of drug-likeness (QED) is 0.178. The summed E-state index contributed by atoms with van der Waals surface area (Å²) in [5, 5.41) is 9.58. The van der Waals surface area contributed by atoms with E-state index in [0.29, 0.717) is 55.2 Å². The highest BCUT2D eigenvalue weighted by atomic mass is 32.2. The van der Waals surface area contributed by atoms with Crippen LogP contribution >= 0.6 is 0 Å². The number of nitrogens with zero attached hydrogens (tertiary/aromatic N) is 10. The van der Waals surface area contributed by atoms with Gasteiger partial charge in [-0.2, -0.15) is 0 Å². The molecule has 2 atom stereocenters. The number of rotatable bonds is 12. The first-order chi connectivity index (χ1) is 27.7. The van der Waals surface area contributed by atoms with Crippen LogP contribution in [0.1, 0.15) is 72.2 Å². The van der Waals surface area contributed by atoms with E-state index in [9.17, 15) is 26.8 Å². The van der Waals surface area contributed by atoms with E-state index >= 15 is 0 Å². The number of amidine groups is 1. The number of hydrogen-bond donors (Lipinski definition) is 3. The molecule has 3 aliphatic heterocycles. The minimum Gasteiger partial charge on any atom is -0.374 e. The molecule has 3 N–H and O–H groups in total. The van der Waals surface area contributed by atoms with Gasteiger partial charge in [0.15, 0.2) is 5.82 Å². The molecule has 0 radical (unpaired) electrons. The predicted molar refractivity (Wildman–Crippen MR) is 212 cm³/mol. The molecule has 2 amide bonds. The highest BCUT2D eigenvalue weighted by Gasteiger charge is 2.53. The zero-order valence-electron chi connectivity index (χ0n) is 32.8. The Morgan fingerprint density at radius 2 is 1.72 bits per heavy atom. The standard InChI is InChI=1S/C38H47F2N13O4S/c1-5-41-33-27(6-10-42-33)23(2)49(3)24-8-13-51-21-30(48-31(51)16-24)37(55)53(26-18-38(39,40)19-26)52(35-28-7-11-43-34(28)45-22-46-35)25-9-14-50-20-29(47-32(50)17-25)36(54)44-12-15-58(4,56)57/h6-7,10-11,20-22,24-26H,5,8-9,12-19H2,1-4H3,(H,41,42)(H,44,54)(H,43,45,46)/b27-23+. The minimum absolute atomic E-state index is 0.0588. The number of imidazole rings is 2. The van der Waals surface area contributed by atoms with Crippen LogP contribution in [0.5, 0.6) is 0 Å². The van der Waals surface area contributed by atoms with Crippen molar-refractivity contribution in [3.63, 3.8) is 0 Å². The molecule has 0 spiro atoms. The molecule has 8 rings (SSSR count). The van der Waals surface area contributed by atoms with Gasteiger partial charge in [0.25, 0.3) is 17.7 Å². The number of hydrogen-bond acceptors (Lipinski definition) is 11. The van der Waals surface area contributed by atoms with Gasteiger partial charge in [-0.1, -0.05) is 0 Å². The SMILES string of the molecule is CC/N=C1/NC=C/C1=C(/C)N(C)C1CCn2cc(C(=O)N(C3CC(F)(F)C3)N(c3ncnc4[nH]ccc34)C3CCn4cc(C(=O)NCCS(C)(=O)=O)nc4C3)nc2C1. The molecule has 4 aromatic rings. The molecule has 0 aromatic carbocycles. The first-order valence-electron chi connectivity index (χ1n) is 19.5. The molecule has 0 saturated heterocycles. The maximum absolute atomic E-state index is 15.0. The monoisotopic (exact) mass is 819 g/mol. The number of fused-ring (bicyclic) bond motifs is 3. The van der Waals surface area contributed by atoms with E-state index in [2.05, 4.69) is 54.4 Å². The molecule has 17 nitrogen and oxygen atoms in total. The van der Waals surface area contributed by atoms with Crippen LogP contribution in [0.4, 0.5) is 14.6 Å². The van der Waals surface area contributed by atoms with Gasteiger partial charge in [-0.15, -0.1) is 0 Å². The van der Waals surface area contributed by atoms with Crippen LogP contribution in [0, 0.1) is 0 Å². The lowest BCUT2D eigenvalue weighted by molar-refractivity contribution is -0.119. The van der Waals surface area contributed by atoms with E-state index in [4.69, 9.17) is 4.98 Å². The van der Waals surface area contributed by atoms with Crippen molar-refractivity contribution in [3.05, 3.63) is 77.6 Å². The van der Waals surface area contributed by atoms with Gasteiger partial charge in [-0.3, -0.25) is 19.6 Å². The fourth-order valence-electron chi connectivity index (χ4n) is 8.27. The third-order valence-electron chi connectivity index (χ3n) is 11.4. The number of aromatic nitrogens is 7. The van der Waals surface area contributed by atoms with Crippen molar-refractivity contribution >= 4 is 44.3 Å². The fraction of sp³-hybridized carbons (Fsp3) is 0.500. The smallest absolute Gasteiger partial charge is 0.292 e. The molecule has 1 fully saturated rings. The molecule has 4 aliphatic rings. The summed E-state index contributed by atoms with van der Waals surface area (Å²) in [7, 11) is -1.22. The van der Waals surface area contributed by atoms with Gasteiger partial charge < -0.3 is 29.7 Å². The van der Waals surface area contributed by atoms with Crippen LogP contribution in [0.25, 0.3) is 11.0 Å². The number of halogens is 2. The number of amides is 2. The molecule has 308 valence electrons. The summed E-state index contributed by atoms with van der Waals surface area (Å²) >= 11 is 0. The Morgan fingerprint density at radius 1 is 1.03 bits per heavy atom. The average Bonchev–Trinajstić information content (AvgIpc) is 4.00. The van der Waals surface area contributed by atoms with E-state index < -0.39 is 52.5 Å². The number of anilines is 1. The van der Waals surface area contributed by atoms with Gasteiger partial charge in [0.05, 0.1) is 23.2 Å². The predicted octanol–water partition coefficient (Wildman–Crippen LogP) is 2.86. The number of aromatic amines is 1. The third kappa shape index (κ3) is 7.68. The van der Waals surface area contributed by atoms with Crippen LogP contribution in [-0.4, -0.2) is 126 Å². The molecule has 4 aromatic heterocycles. The Balaban J connectivity index is 1.11. The minimum atomic E-state index is -3.28.